The van der Waals surface area contributed by atoms with Crippen LogP contribution in [0.2, 0.25) is 5.15 Å². The predicted octanol–water partition coefficient (Wildman–Crippen LogP) is 3.14. The number of amides is 1. The predicted molar refractivity (Wildman–Crippen MR) is 81.2 cm³/mol. The zero-order valence-electron chi connectivity index (χ0n) is 12.5. The molecular formula is C15H23ClN2O2. The molecule has 0 fully saturated rings. The molecular weight excluding hydrogens is 276 g/mol. The van der Waals surface area contributed by atoms with E-state index in [-0.39, 0.29) is 18.4 Å². The average molecular weight is 299 g/mol. The molecule has 0 saturated carbocycles. The first-order valence-corrected chi connectivity index (χ1v) is 7.37. The zero-order valence-corrected chi connectivity index (χ0v) is 13.3. The van der Waals surface area contributed by atoms with Gasteiger partial charge in [-0.1, -0.05) is 39.3 Å². The molecule has 1 heterocycles. The number of carbonyl (C=O) groups is 1. The molecule has 5 heteroatoms. The normalized spacial score (nSPS) is 11.8. The van der Waals surface area contributed by atoms with E-state index in [1.165, 1.54) is 0 Å². The van der Waals surface area contributed by atoms with Crippen LogP contribution in [0.5, 0.6) is 0 Å². The molecule has 1 aromatic heterocycles. The maximum atomic E-state index is 12.1. The van der Waals surface area contributed by atoms with Crippen LogP contribution in [0.15, 0.2) is 12.1 Å². The summed E-state index contributed by atoms with van der Waals surface area (Å²) in [5.41, 5.74) is 0.403. The number of rotatable bonds is 6. The molecule has 20 heavy (non-hydrogen) atoms. The molecule has 1 aromatic rings. The van der Waals surface area contributed by atoms with Crippen molar-refractivity contribution in [2.75, 3.05) is 6.54 Å². The average Bonchev–Trinajstić information content (AvgIpc) is 2.43. The molecule has 2 N–H and O–H groups in total. The van der Waals surface area contributed by atoms with Gasteiger partial charge in [-0.2, -0.15) is 0 Å². The maximum absolute atomic E-state index is 12.1. The van der Waals surface area contributed by atoms with E-state index in [2.05, 4.69) is 10.3 Å². The Balaban J connectivity index is 2.83. The van der Waals surface area contributed by atoms with E-state index in [9.17, 15) is 9.90 Å². The summed E-state index contributed by atoms with van der Waals surface area (Å²) in [7, 11) is 0. The highest BCUT2D eigenvalue weighted by atomic mass is 35.5. The monoisotopic (exact) mass is 298 g/mol. The number of aromatic nitrogens is 1. The number of nitrogens with one attached hydrogen (secondary N) is 1. The molecule has 0 spiro atoms. The second kappa shape index (κ2) is 7.04. The number of carbonyl (C=O) groups excluding carboxylic acids is 1. The number of hydrogen-bond acceptors (Lipinski definition) is 3. The fraction of sp³-hybridized carbons (Fsp3) is 0.600. The summed E-state index contributed by atoms with van der Waals surface area (Å²) in [5, 5.41) is 13.2. The van der Waals surface area contributed by atoms with Gasteiger partial charge in [-0.15, -0.1) is 0 Å². The lowest BCUT2D eigenvalue weighted by Crippen LogP contribution is -2.42. The summed E-state index contributed by atoms with van der Waals surface area (Å²) in [4.78, 5) is 16.3. The van der Waals surface area contributed by atoms with Crippen LogP contribution < -0.4 is 5.32 Å². The summed E-state index contributed by atoms with van der Waals surface area (Å²) in [6, 6.07) is 3.28. The minimum atomic E-state index is -0.854. The van der Waals surface area contributed by atoms with E-state index in [1.54, 1.807) is 12.1 Å². The van der Waals surface area contributed by atoms with Crippen LogP contribution in [-0.2, 0) is 0 Å². The quantitative estimate of drug-likeness (QED) is 0.793. The van der Waals surface area contributed by atoms with E-state index in [1.807, 2.05) is 27.7 Å². The largest absolute Gasteiger partial charge is 0.388 e. The van der Waals surface area contributed by atoms with Crippen LogP contribution in [-0.4, -0.2) is 28.1 Å². The first kappa shape index (κ1) is 16.9. The number of halogens is 1. The SMILES string of the molecule is CCC(O)(CC)CNC(=O)c1cc(Cl)nc(C(C)C)c1. The molecule has 0 atom stereocenters. The zero-order chi connectivity index (χ0) is 15.3. The van der Waals surface area contributed by atoms with Gasteiger partial charge in [0.1, 0.15) is 5.15 Å². The lowest BCUT2D eigenvalue weighted by molar-refractivity contribution is 0.0314. The summed E-state index contributed by atoms with van der Waals surface area (Å²) in [5.74, 6) is -0.0417. The van der Waals surface area contributed by atoms with Gasteiger partial charge >= 0.3 is 0 Å². The summed E-state index contributed by atoms with van der Waals surface area (Å²) in [6.45, 7) is 8.02. The van der Waals surface area contributed by atoms with Crippen molar-refractivity contribution in [1.29, 1.82) is 0 Å². The molecule has 0 aromatic carbocycles. The Morgan fingerprint density at radius 2 is 2.00 bits per heavy atom. The Labute approximate surface area is 125 Å². The fourth-order valence-electron chi connectivity index (χ4n) is 1.79. The summed E-state index contributed by atoms with van der Waals surface area (Å²) < 4.78 is 0. The maximum Gasteiger partial charge on any atom is 0.251 e. The third kappa shape index (κ3) is 4.46. The standard InChI is InChI=1S/C15H23ClN2O2/c1-5-15(20,6-2)9-17-14(19)11-7-12(10(3)4)18-13(16)8-11/h7-8,10,20H,5-6,9H2,1-4H3,(H,17,19). The van der Waals surface area contributed by atoms with Crippen molar-refractivity contribution in [3.8, 4) is 0 Å². The molecule has 0 unspecified atom stereocenters. The smallest absolute Gasteiger partial charge is 0.251 e. The van der Waals surface area contributed by atoms with Crippen molar-refractivity contribution in [1.82, 2.24) is 10.3 Å². The van der Waals surface area contributed by atoms with Crippen LogP contribution in [0.1, 0.15) is 62.5 Å². The van der Waals surface area contributed by atoms with Crippen molar-refractivity contribution in [3.63, 3.8) is 0 Å². The Bertz CT molecular complexity index is 471. The van der Waals surface area contributed by atoms with Gasteiger partial charge in [0, 0.05) is 17.8 Å². The van der Waals surface area contributed by atoms with Gasteiger partial charge in [-0.25, -0.2) is 4.98 Å². The molecule has 0 aliphatic rings. The highest BCUT2D eigenvalue weighted by Gasteiger charge is 2.23. The summed E-state index contributed by atoms with van der Waals surface area (Å²) >= 11 is 5.94. The Morgan fingerprint density at radius 1 is 1.40 bits per heavy atom. The van der Waals surface area contributed by atoms with Gasteiger partial charge in [-0.05, 0) is 30.9 Å². The Hall–Kier alpha value is -1.13. The molecule has 1 rings (SSSR count). The van der Waals surface area contributed by atoms with E-state index >= 15 is 0 Å². The van der Waals surface area contributed by atoms with Gasteiger partial charge in [0.15, 0.2) is 0 Å². The first-order chi connectivity index (χ1) is 9.31. The number of hydrogen-bond donors (Lipinski definition) is 2. The number of aliphatic hydroxyl groups is 1. The van der Waals surface area contributed by atoms with Gasteiger partial charge in [-0.3, -0.25) is 4.79 Å². The van der Waals surface area contributed by atoms with E-state index < -0.39 is 5.60 Å². The number of nitrogens with zero attached hydrogens (tertiary/aromatic N) is 1. The van der Waals surface area contributed by atoms with Crippen LogP contribution in [0.4, 0.5) is 0 Å². The number of pyridine rings is 1. The minimum absolute atomic E-state index is 0.198. The van der Waals surface area contributed by atoms with Gasteiger partial charge in [0.2, 0.25) is 0 Å². The highest BCUT2D eigenvalue weighted by molar-refractivity contribution is 6.29. The Morgan fingerprint density at radius 3 is 2.50 bits per heavy atom. The first-order valence-electron chi connectivity index (χ1n) is 6.99. The lowest BCUT2D eigenvalue weighted by Gasteiger charge is -2.25. The van der Waals surface area contributed by atoms with E-state index in [4.69, 9.17) is 11.6 Å². The molecule has 1 amide bonds. The second-order valence-corrected chi connectivity index (χ2v) is 5.76. The van der Waals surface area contributed by atoms with Crippen LogP contribution in [0, 0.1) is 0 Å². The van der Waals surface area contributed by atoms with Crippen LogP contribution in [0.3, 0.4) is 0 Å². The third-order valence-corrected chi connectivity index (χ3v) is 3.76. The molecule has 4 nitrogen and oxygen atoms in total. The van der Waals surface area contributed by atoms with E-state index in [0.717, 1.165) is 5.69 Å². The van der Waals surface area contributed by atoms with Crippen molar-refractivity contribution >= 4 is 17.5 Å². The van der Waals surface area contributed by atoms with Crippen molar-refractivity contribution in [3.05, 3.63) is 28.5 Å². The highest BCUT2D eigenvalue weighted by Crippen LogP contribution is 2.18. The van der Waals surface area contributed by atoms with E-state index in [0.29, 0.717) is 23.6 Å². The summed E-state index contributed by atoms with van der Waals surface area (Å²) in [6.07, 6.45) is 1.19. The van der Waals surface area contributed by atoms with Gasteiger partial charge < -0.3 is 10.4 Å². The van der Waals surface area contributed by atoms with Crippen molar-refractivity contribution < 1.29 is 9.90 Å². The molecule has 112 valence electrons. The molecule has 0 radical (unpaired) electrons. The third-order valence-electron chi connectivity index (χ3n) is 3.56. The molecule has 0 saturated heterocycles. The van der Waals surface area contributed by atoms with Crippen molar-refractivity contribution in [2.45, 2.75) is 52.1 Å². The van der Waals surface area contributed by atoms with Crippen molar-refractivity contribution in [2.24, 2.45) is 0 Å². The van der Waals surface area contributed by atoms with Crippen LogP contribution in [0.25, 0.3) is 0 Å². The Kier molecular flexibility index (Phi) is 5.96. The molecule has 0 aliphatic heterocycles. The second-order valence-electron chi connectivity index (χ2n) is 5.37. The molecule has 0 aliphatic carbocycles. The molecule has 0 bridgehead atoms. The minimum Gasteiger partial charge on any atom is -0.388 e. The van der Waals surface area contributed by atoms with Gasteiger partial charge in [0.05, 0.1) is 5.60 Å². The van der Waals surface area contributed by atoms with Crippen LogP contribution >= 0.6 is 11.6 Å². The fourth-order valence-corrected chi connectivity index (χ4v) is 2.01. The topological polar surface area (TPSA) is 62.2 Å². The van der Waals surface area contributed by atoms with Gasteiger partial charge in [0.25, 0.3) is 5.91 Å². The lowest BCUT2D eigenvalue weighted by atomic mass is 9.97.